The molecule has 2 aromatic carbocycles. The number of fused-ring (bicyclic) bond motifs is 1. The molecule has 2 aromatic heterocycles. The maximum Gasteiger partial charge on any atom is 0.299 e. The Kier molecular flexibility index (Phi) is 11.9. The highest BCUT2D eigenvalue weighted by Gasteiger charge is 2.37. The van der Waals surface area contributed by atoms with E-state index in [0.29, 0.717) is 28.9 Å². The van der Waals surface area contributed by atoms with Crippen molar-refractivity contribution in [3.8, 4) is 0 Å². The van der Waals surface area contributed by atoms with E-state index in [0.717, 1.165) is 42.0 Å². The van der Waals surface area contributed by atoms with Crippen molar-refractivity contribution in [3.63, 3.8) is 0 Å². The lowest BCUT2D eigenvalue weighted by atomic mass is 10.2. The quantitative estimate of drug-likeness (QED) is 0.172. The molecule has 1 unspecified atom stereocenters. The number of aromatic nitrogens is 2. The minimum atomic E-state index is -4.68. The van der Waals surface area contributed by atoms with Gasteiger partial charge in [0.1, 0.15) is 13.9 Å². The summed E-state index contributed by atoms with van der Waals surface area (Å²) in [5.74, 6) is -3.42. The lowest BCUT2D eigenvalue weighted by molar-refractivity contribution is -0.120. The second kappa shape index (κ2) is 16.2. The highest BCUT2D eigenvalue weighted by molar-refractivity contribution is 8.30. The number of thiazole rings is 1. The normalized spacial score (nSPS) is 21.0. The molecule has 5 heterocycles. The Balaban J connectivity index is 1.48. The molecule has 2 fully saturated rings. The second-order valence-electron chi connectivity index (χ2n) is 13.3. The molecule has 0 radical (unpaired) electrons. The van der Waals surface area contributed by atoms with Gasteiger partial charge in [-0.05, 0) is 60.5 Å². The Hall–Kier alpha value is -3.52. The van der Waals surface area contributed by atoms with Crippen molar-refractivity contribution >= 4 is 115 Å². The van der Waals surface area contributed by atoms with E-state index in [2.05, 4.69) is 0 Å². The molecule has 16 nitrogen and oxygen atoms in total. The summed E-state index contributed by atoms with van der Waals surface area (Å²) in [7, 11) is -12.8. The van der Waals surface area contributed by atoms with Crippen molar-refractivity contribution in [1.82, 2.24) is 14.0 Å². The van der Waals surface area contributed by atoms with Gasteiger partial charge in [-0.15, -0.1) is 11.3 Å². The molecule has 1 amide bonds. The summed E-state index contributed by atoms with van der Waals surface area (Å²) >= 11 is 14.6. The molecule has 2 N–H and O–H groups in total. The minimum absolute atomic E-state index is 0.0372. The van der Waals surface area contributed by atoms with Crippen LogP contribution in [0, 0.1) is 10.1 Å². The van der Waals surface area contributed by atoms with Gasteiger partial charge in [-0.25, -0.2) is 8.42 Å². The Morgan fingerprint density at radius 3 is 2.33 bits per heavy atom. The number of rotatable bonds is 10. The van der Waals surface area contributed by atoms with Crippen molar-refractivity contribution in [2.24, 2.45) is 0 Å². The largest absolute Gasteiger partial charge is 0.430 e. The van der Waals surface area contributed by atoms with Crippen LogP contribution in [-0.4, -0.2) is 88.2 Å². The van der Waals surface area contributed by atoms with Crippen LogP contribution in [-0.2, 0) is 48.0 Å². The van der Waals surface area contributed by atoms with Crippen molar-refractivity contribution in [2.45, 2.75) is 37.4 Å². The van der Waals surface area contributed by atoms with Crippen LogP contribution in [0.4, 0.5) is 5.69 Å². The molecule has 4 aromatic rings. The Bertz CT molecular complexity index is 3120. The van der Waals surface area contributed by atoms with E-state index in [-0.39, 0.29) is 30.6 Å². The molecule has 3 aliphatic rings. The number of benzene rings is 2. The van der Waals surface area contributed by atoms with Crippen LogP contribution >= 0.6 is 58.7 Å². The zero-order valence-electron chi connectivity index (χ0n) is 29.9. The van der Waals surface area contributed by atoms with E-state index in [4.69, 9.17) is 28.2 Å². The molecule has 7 rings (SSSR count). The molecular weight excluding hydrogens is 916 g/mol. The van der Waals surface area contributed by atoms with Crippen LogP contribution in [0.15, 0.2) is 78.5 Å². The first-order valence-corrected chi connectivity index (χ1v) is 25.3. The van der Waals surface area contributed by atoms with E-state index in [1.807, 2.05) is 47.4 Å². The second-order valence-corrected chi connectivity index (χ2v) is 22.9. The van der Waals surface area contributed by atoms with Gasteiger partial charge in [0.15, 0.2) is 9.84 Å². The number of allylic oxidation sites excluding steroid dienone is 1. The van der Waals surface area contributed by atoms with Crippen LogP contribution in [0.2, 0.25) is 5.02 Å². The molecule has 24 heteroatoms. The number of halogens is 1. The van der Waals surface area contributed by atoms with Crippen LogP contribution in [0.1, 0.15) is 24.9 Å². The van der Waals surface area contributed by atoms with Crippen LogP contribution in [0.3, 0.4) is 0 Å². The summed E-state index contributed by atoms with van der Waals surface area (Å²) in [4.78, 5) is 45.8. The number of thioether (sulfide) groups is 2. The van der Waals surface area contributed by atoms with Crippen LogP contribution in [0.25, 0.3) is 10.5 Å². The predicted molar refractivity (Wildman–Crippen MR) is 226 cm³/mol. The third-order valence-electron chi connectivity index (χ3n) is 9.24. The van der Waals surface area contributed by atoms with Crippen molar-refractivity contribution in [1.29, 1.82) is 0 Å². The summed E-state index contributed by atoms with van der Waals surface area (Å²) in [6, 6.07) is 14.3. The minimum Gasteiger partial charge on any atom is -0.430 e. The highest BCUT2D eigenvalue weighted by Crippen LogP contribution is 2.48. The average Bonchev–Trinajstić information content (AvgIpc) is 3.91. The highest BCUT2D eigenvalue weighted by atomic mass is 35.5. The number of thiocarbonyl (C=S) groups is 1. The number of carbonyl (C=O) groups excluding carboxylic acids is 1. The number of carbonyl (C=O) groups is 1. The SMILES string of the molecule is CC(C=C1Sc2ccc(Cl)cc2N1Cc1ccccc1)=c1s/c(=c2/oc(=C3SC(=S)N(CCS(=O)(=O)O)C3=O)n(CCS(=O)(=O)O)c2=O)n(C2CCS(=O)(=O)C2)c1=O. The Morgan fingerprint density at radius 2 is 1.67 bits per heavy atom. The molecule has 3 aliphatic heterocycles. The maximum absolute atomic E-state index is 14.5. The number of hydrogen-bond acceptors (Lipinski definition) is 15. The summed E-state index contributed by atoms with van der Waals surface area (Å²) < 4.78 is 98.7. The molecule has 1 atom stereocenters. The number of amides is 1. The number of anilines is 1. The van der Waals surface area contributed by atoms with E-state index < -0.39 is 94.5 Å². The van der Waals surface area contributed by atoms with E-state index in [1.165, 1.54) is 16.3 Å². The van der Waals surface area contributed by atoms with Gasteiger partial charge in [0.25, 0.3) is 37.3 Å². The molecule has 0 aliphatic carbocycles. The topological polar surface area (TPSA) is 224 Å². The average molecular weight is 948 g/mol. The molecular formula is C34H31ClN4O12S7. The van der Waals surface area contributed by atoms with Gasteiger partial charge < -0.3 is 9.32 Å². The van der Waals surface area contributed by atoms with E-state index in [1.54, 1.807) is 19.1 Å². The fourth-order valence-electron chi connectivity index (χ4n) is 6.52. The smallest absolute Gasteiger partial charge is 0.299 e. The first-order valence-electron chi connectivity index (χ1n) is 17.1. The summed E-state index contributed by atoms with van der Waals surface area (Å²) in [6.45, 7) is 0.886. The van der Waals surface area contributed by atoms with Gasteiger partial charge in [-0.3, -0.25) is 37.5 Å². The Morgan fingerprint density at radius 1 is 0.983 bits per heavy atom. The molecule has 0 spiro atoms. The first kappa shape index (κ1) is 42.6. The zero-order chi connectivity index (χ0) is 41.9. The third-order valence-corrected chi connectivity index (χ3v) is 16.4. The number of nitrogens with zero attached hydrogens (tertiary/aromatic N) is 4. The first-order chi connectivity index (χ1) is 27.2. The fraction of sp³-hybridized carbons (Fsp3) is 0.294. The Labute approximate surface area is 353 Å². The van der Waals surface area contributed by atoms with Crippen LogP contribution < -0.4 is 26.1 Å². The summed E-state index contributed by atoms with van der Waals surface area (Å²) in [6.07, 6.45) is 1.84. The maximum atomic E-state index is 14.5. The van der Waals surface area contributed by atoms with Gasteiger partial charge in [0.2, 0.25) is 11.0 Å². The third kappa shape index (κ3) is 8.98. The fourth-order valence-corrected chi connectivity index (χ4v) is 12.8. The van der Waals surface area contributed by atoms with Gasteiger partial charge in [0.05, 0.1) is 44.3 Å². The van der Waals surface area contributed by atoms with E-state index >= 15 is 0 Å². The molecule has 0 saturated carbocycles. The van der Waals surface area contributed by atoms with Crippen molar-refractivity contribution in [3.05, 3.63) is 111 Å². The lowest BCUT2D eigenvalue weighted by Crippen LogP contribution is -2.35. The predicted octanol–water partition coefficient (Wildman–Crippen LogP) is 2.53. The number of hydrogen-bond donors (Lipinski definition) is 2. The molecule has 0 bridgehead atoms. The zero-order valence-corrected chi connectivity index (χ0v) is 36.4. The number of oxazole rings is 1. The van der Waals surface area contributed by atoms with Gasteiger partial charge in [-0.1, -0.05) is 65.9 Å². The van der Waals surface area contributed by atoms with E-state index in [9.17, 15) is 48.7 Å². The van der Waals surface area contributed by atoms with Crippen molar-refractivity contribution in [2.75, 3.05) is 34.5 Å². The van der Waals surface area contributed by atoms with Gasteiger partial charge in [-0.2, -0.15) is 16.8 Å². The molecule has 308 valence electrons. The van der Waals surface area contributed by atoms with Crippen LogP contribution in [0.5, 0.6) is 0 Å². The van der Waals surface area contributed by atoms with Gasteiger partial charge >= 0.3 is 0 Å². The standard InChI is InChI=1S/C34H31ClN4O12S7/c1-19(15-25-38(17-20-5-3-2-4-6-20)23-16-21(35)7-8-24(23)53-25)27-31(42)39(22-9-12-56(43,44)18-22)33(54-27)26-29(40)36(10-13-57(45,46)47)32(51-26)28-30(41)37(34(52)55-28)11-14-58(48,49)50/h2-8,15-16,22H,9-14,17-18H2,1H3,(H,45,46,47)(H,48,49,50)/b25-15?,27-19?,32-28?,33-26+. The monoisotopic (exact) mass is 946 g/mol. The molecule has 58 heavy (non-hydrogen) atoms. The lowest BCUT2D eigenvalue weighted by Gasteiger charge is -2.21. The number of sulfone groups is 1. The summed E-state index contributed by atoms with van der Waals surface area (Å²) in [5, 5.41) is 1.28. The summed E-state index contributed by atoms with van der Waals surface area (Å²) in [5.41, 5.74) is -0.329. The molecule has 2 saturated heterocycles. The van der Waals surface area contributed by atoms with Gasteiger partial charge in [0, 0.05) is 29.6 Å². The van der Waals surface area contributed by atoms with Crippen molar-refractivity contribution < 1.29 is 43.6 Å².